The highest BCUT2D eigenvalue weighted by Crippen LogP contribution is 2.32. The molecular formula is C14H14N2O3S. The summed E-state index contributed by atoms with van der Waals surface area (Å²) in [4.78, 5) is 0.191. The lowest BCUT2D eigenvalue weighted by Gasteiger charge is -2.12. The SMILES string of the molecule is Nc1ccc(S(=O)(=O)NC2COc3ccccc32)cc1. The molecule has 0 saturated heterocycles. The van der Waals surface area contributed by atoms with Gasteiger partial charge in [0.05, 0.1) is 10.9 Å². The summed E-state index contributed by atoms with van der Waals surface area (Å²) in [6.45, 7) is 0.299. The van der Waals surface area contributed by atoms with Crippen molar-refractivity contribution in [2.45, 2.75) is 10.9 Å². The van der Waals surface area contributed by atoms with Crippen LogP contribution in [0, 0.1) is 0 Å². The van der Waals surface area contributed by atoms with Gasteiger partial charge in [-0.05, 0) is 30.3 Å². The van der Waals surface area contributed by atoms with E-state index in [9.17, 15) is 8.42 Å². The Morgan fingerprint density at radius 2 is 1.80 bits per heavy atom. The Balaban J connectivity index is 1.86. The van der Waals surface area contributed by atoms with Crippen molar-refractivity contribution in [3.8, 4) is 5.75 Å². The molecule has 0 fully saturated rings. The molecular weight excluding hydrogens is 276 g/mol. The molecule has 1 unspecified atom stereocenters. The van der Waals surface area contributed by atoms with Crippen molar-refractivity contribution < 1.29 is 13.2 Å². The average molecular weight is 290 g/mol. The average Bonchev–Trinajstić information content (AvgIpc) is 2.82. The minimum atomic E-state index is -3.59. The van der Waals surface area contributed by atoms with Crippen LogP contribution in [0.15, 0.2) is 53.4 Å². The highest BCUT2D eigenvalue weighted by Gasteiger charge is 2.28. The number of nitrogens with two attached hydrogens (primary N) is 1. The van der Waals surface area contributed by atoms with Crippen LogP contribution in [0.5, 0.6) is 5.75 Å². The molecule has 1 aliphatic heterocycles. The Labute approximate surface area is 117 Å². The van der Waals surface area contributed by atoms with Crippen molar-refractivity contribution in [3.05, 3.63) is 54.1 Å². The van der Waals surface area contributed by atoms with Crippen molar-refractivity contribution in [2.75, 3.05) is 12.3 Å². The number of anilines is 1. The molecule has 3 rings (SSSR count). The van der Waals surface area contributed by atoms with E-state index in [-0.39, 0.29) is 10.9 Å². The lowest BCUT2D eigenvalue weighted by Crippen LogP contribution is -2.29. The Kier molecular flexibility index (Phi) is 3.11. The highest BCUT2D eigenvalue weighted by molar-refractivity contribution is 7.89. The molecule has 0 aromatic heterocycles. The molecule has 1 atom stereocenters. The topological polar surface area (TPSA) is 81.4 Å². The van der Waals surface area contributed by atoms with E-state index in [2.05, 4.69) is 4.72 Å². The quantitative estimate of drug-likeness (QED) is 0.843. The Hall–Kier alpha value is -2.05. The summed E-state index contributed by atoms with van der Waals surface area (Å²) >= 11 is 0. The van der Waals surface area contributed by atoms with Crippen molar-refractivity contribution in [1.82, 2.24) is 4.72 Å². The molecule has 0 bridgehead atoms. The molecule has 2 aromatic rings. The number of ether oxygens (including phenoxy) is 1. The first-order chi connectivity index (χ1) is 9.56. The number of hydrogen-bond acceptors (Lipinski definition) is 4. The lowest BCUT2D eigenvalue weighted by atomic mass is 10.1. The Morgan fingerprint density at radius 3 is 2.55 bits per heavy atom. The molecule has 0 radical (unpaired) electrons. The predicted molar refractivity (Wildman–Crippen MR) is 75.9 cm³/mol. The third kappa shape index (κ3) is 2.35. The van der Waals surface area contributed by atoms with Crippen LogP contribution < -0.4 is 15.2 Å². The van der Waals surface area contributed by atoms with Crippen LogP contribution in [0.4, 0.5) is 5.69 Å². The number of hydrogen-bond donors (Lipinski definition) is 2. The summed E-state index contributed by atoms with van der Waals surface area (Å²) in [6.07, 6.45) is 0. The highest BCUT2D eigenvalue weighted by atomic mass is 32.2. The fourth-order valence-corrected chi connectivity index (χ4v) is 3.36. The Bertz CT molecular complexity index is 726. The van der Waals surface area contributed by atoms with Gasteiger partial charge in [0.1, 0.15) is 12.4 Å². The van der Waals surface area contributed by atoms with Crippen molar-refractivity contribution in [1.29, 1.82) is 0 Å². The van der Waals surface area contributed by atoms with Gasteiger partial charge in [-0.15, -0.1) is 0 Å². The monoisotopic (exact) mass is 290 g/mol. The minimum Gasteiger partial charge on any atom is -0.491 e. The second kappa shape index (κ2) is 4.81. The van der Waals surface area contributed by atoms with E-state index in [0.29, 0.717) is 12.3 Å². The second-order valence-electron chi connectivity index (χ2n) is 4.59. The van der Waals surface area contributed by atoms with Gasteiger partial charge in [-0.3, -0.25) is 0 Å². The van der Waals surface area contributed by atoms with Crippen LogP contribution in [-0.4, -0.2) is 15.0 Å². The number of rotatable bonds is 3. The van der Waals surface area contributed by atoms with E-state index in [1.165, 1.54) is 12.1 Å². The summed E-state index contributed by atoms with van der Waals surface area (Å²) < 4.78 is 32.7. The van der Waals surface area contributed by atoms with Crippen LogP contribution >= 0.6 is 0 Å². The summed E-state index contributed by atoms with van der Waals surface area (Å²) in [6, 6.07) is 13.1. The van der Waals surface area contributed by atoms with Crippen molar-refractivity contribution in [2.24, 2.45) is 0 Å². The first-order valence-corrected chi connectivity index (χ1v) is 7.64. The molecule has 20 heavy (non-hydrogen) atoms. The Morgan fingerprint density at radius 1 is 1.10 bits per heavy atom. The zero-order valence-electron chi connectivity index (χ0n) is 10.6. The van der Waals surface area contributed by atoms with E-state index >= 15 is 0 Å². The first-order valence-electron chi connectivity index (χ1n) is 6.16. The summed E-state index contributed by atoms with van der Waals surface area (Å²) in [7, 11) is -3.59. The molecule has 6 heteroatoms. The third-order valence-corrected chi connectivity index (χ3v) is 4.68. The van der Waals surface area contributed by atoms with Crippen molar-refractivity contribution in [3.63, 3.8) is 0 Å². The number of benzene rings is 2. The van der Waals surface area contributed by atoms with Gasteiger partial charge in [0.2, 0.25) is 10.0 Å². The van der Waals surface area contributed by atoms with Gasteiger partial charge in [-0.25, -0.2) is 13.1 Å². The molecule has 5 nitrogen and oxygen atoms in total. The zero-order valence-corrected chi connectivity index (χ0v) is 11.4. The van der Waals surface area contributed by atoms with Gasteiger partial charge < -0.3 is 10.5 Å². The second-order valence-corrected chi connectivity index (χ2v) is 6.31. The zero-order chi connectivity index (χ0) is 14.2. The van der Waals surface area contributed by atoms with Crippen LogP contribution in [0.25, 0.3) is 0 Å². The number of sulfonamides is 1. The first kappa shape index (κ1) is 13.0. The number of nitrogens with one attached hydrogen (secondary N) is 1. The molecule has 3 N–H and O–H groups in total. The van der Waals surface area contributed by atoms with Gasteiger partial charge in [-0.1, -0.05) is 18.2 Å². The van der Waals surface area contributed by atoms with Gasteiger partial charge in [0.15, 0.2) is 0 Å². The maximum atomic E-state index is 12.3. The van der Waals surface area contributed by atoms with E-state index < -0.39 is 10.0 Å². The van der Waals surface area contributed by atoms with Crippen LogP contribution in [0.2, 0.25) is 0 Å². The maximum absolute atomic E-state index is 12.3. The standard InChI is InChI=1S/C14H14N2O3S/c15-10-5-7-11(8-6-10)20(17,18)16-13-9-19-14-4-2-1-3-12(13)14/h1-8,13,16H,9,15H2. The van der Waals surface area contributed by atoms with E-state index in [1.807, 2.05) is 24.3 Å². The van der Waals surface area contributed by atoms with Crippen LogP contribution in [-0.2, 0) is 10.0 Å². The van der Waals surface area contributed by atoms with Crippen LogP contribution in [0.1, 0.15) is 11.6 Å². The molecule has 0 spiro atoms. The fraction of sp³-hybridized carbons (Fsp3) is 0.143. The van der Waals surface area contributed by atoms with Crippen LogP contribution in [0.3, 0.4) is 0 Å². The number of para-hydroxylation sites is 1. The fourth-order valence-electron chi connectivity index (χ4n) is 2.16. The maximum Gasteiger partial charge on any atom is 0.241 e. The molecule has 1 aliphatic rings. The molecule has 0 amide bonds. The van der Waals surface area contributed by atoms with Gasteiger partial charge in [0.25, 0.3) is 0 Å². The van der Waals surface area contributed by atoms with E-state index in [0.717, 1.165) is 11.3 Å². The largest absolute Gasteiger partial charge is 0.491 e. The van der Waals surface area contributed by atoms with E-state index in [4.69, 9.17) is 10.5 Å². The normalized spacial score (nSPS) is 17.5. The summed E-state index contributed by atoms with van der Waals surface area (Å²) in [5.41, 5.74) is 6.94. The number of nitrogen functional groups attached to an aromatic ring is 1. The van der Waals surface area contributed by atoms with Gasteiger partial charge in [-0.2, -0.15) is 0 Å². The number of fused-ring (bicyclic) bond motifs is 1. The smallest absolute Gasteiger partial charge is 0.241 e. The lowest BCUT2D eigenvalue weighted by molar-refractivity contribution is 0.325. The molecule has 0 saturated carbocycles. The van der Waals surface area contributed by atoms with E-state index in [1.54, 1.807) is 12.1 Å². The molecule has 2 aromatic carbocycles. The minimum absolute atomic E-state index is 0.191. The van der Waals surface area contributed by atoms with Crippen molar-refractivity contribution >= 4 is 15.7 Å². The van der Waals surface area contributed by atoms with Gasteiger partial charge >= 0.3 is 0 Å². The third-order valence-electron chi connectivity index (χ3n) is 3.19. The predicted octanol–water partition coefficient (Wildman–Crippen LogP) is 1.68. The molecule has 1 heterocycles. The molecule has 104 valence electrons. The summed E-state index contributed by atoms with van der Waals surface area (Å²) in [5.74, 6) is 0.720. The summed E-state index contributed by atoms with van der Waals surface area (Å²) in [5, 5.41) is 0. The van der Waals surface area contributed by atoms with Gasteiger partial charge in [0, 0.05) is 11.3 Å². The molecule has 0 aliphatic carbocycles.